The van der Waals surface area contributed by atoms with E-state index in [0.29, 0.717) is 32.9 Å². The van der Waals surface area contributed by atoms with E-state index in [9.17, 15) is 20.0 Å². The largest absolute Gasteiger partial charge is 0.508 e. The van der Waals surface area contributed by atoms with Crippen LogP contribution in [0.5, 0.6) is 17.2 Å². The highest BCUT2D eigenvalue weighted by molar-refractivity contribution is 9.10. The Bertz CT molecular complexity index is 1300. The lowest BCUT2D eigenvalue weighted by Gasteiger charge is -2.13. The molecule has 0 fully saturated rings. The number of ether oxygens (including phenoxy) is 2. The molecule has 3 aromatic rings. The Labute approximate surface area is 210 Å². The van der Waals surface area contributed by atoms with E-state index in [-0.39, 0.29) is 23.8 Å². The molecule has 178 valence electrons. The van der Waals surface area contributed by atoms with Gasteiger partial charge in [0.2, 0.25) is 0 Å². The topological polar surface area (TPSA) is 121 Å². The molecule has 0 aliphatic carbocycles. The number of nitriles is 1. The number of rotatable bonds is 8. The van der Waals surface area contributed by atoms with Gasteiger partial charge in [0.25, 0.3) is 11.8 Å². The number of hydrogen-bond acceptors (Lipinski definition) is 6. The summed E-state index contributed by atoms with van der Waals surface area (Å²) in [7, 11) is 1.44. The maximum absolute atomic E-state index is 12.5. The molecule has 3 aromatic carbocycles. The molecule has 0 bridgehead atoms. The molecule has 0 saturated heterocycles. The molecule has 3 rings (SSSR count). The maximum Gasteiger partial charge on any atom is 0.266 e. The molecule has 2 amide bonds. The van der Waals surface area contributed by atoms with Gasteiger partial charge in [0.1, 0.15) is 17.4 Å². The Balaban J connectivity index is 1.72. The zero-order chi connectivity index (χ0) is 25.4. The zero-order valence-corrected chi connectivity index (χ0v) is 20.5. The number of carbonyl (C=O) groups is 2. The first kappa shape index (κ1) is 25.3. The van der Waals surface area contributed by atoms with Crippen molar-refractivity contribution in [3.8, 4) is 23.3 Å². The van der Waals surface area contributed by atoms with Crippen molar-refractivity contribution in [2.75, 3.05) is 24.4 Å². The Hall–Kier alpha value is -4.29. The van der Waals surface area contributed by atoms with E-state index >= 15 is 0 Å². The van der Waals surface area contributed by atoms with Gasteiger partial charge in [-0.3, -0.25) is 9.59 Å². The number of nitrogens with zero attached hydrogens (tertiary/aromatic N) is 1. The van der Waals surface area contributed by atoms with Crippen molar-refractivity contribution in [2.24, 2.45) is 0 Å². The van der Waals surface area contributed by atoms with E-state index in [1.54, 1.807) is 24.3 Å². The van der Waals surface area contributed by atoms with Crippen LogP contribution >= 0.6 is 15.9 Å². The van der Waals surface area contributed by atoms with E-state index in [1.165, 1.54) is 37.5 Å². The molecular formula is C26H22BrN3O5. The highest BCUT2D eigenvalue weighted by atomic mass is 79.9. The second-order valence-electron chi connectivity index (χ2n) is 7.40. The molecule has 0 unspecified atom stereocenters. The summed E-state index contributed by atoms with van der Waals surface area (Å²) in [5.74, 6) is -0.266. The predicted molar refractivity (Wildman–Crippen MR) is 136 cm³/mol. The van der Waals surface area contributed by atoms with Gasteiger partial charge in [0, 0.05) is 15.8 Å². The SMILES string of the molecule is COc1cc(/C=C(/C#N)C(=O)Nc2ccc(O)cc2)c(Br)cc1OCC(=O)Nc1ccc(C)cc1. The summed E-state index contributed by atoms with van der Waals surface area (Å²) < 4.78 is 11.5. The summed E-state index contributed by atoms with van der Waals surface area (Å²) in [6.07, 6.45) is 1.40. The van der Waals surface area contributed by atoms with Crippen LogP contribution in [-0.2, 0) is 9.59 Å². The Morgan fingerprint density at radius 2 is 1.66 bits per heavy atom. The van der Waals surface area contributed by atoms with Crippen LogP contribution in [0.2, 0.25) is 0 Å². The summed E-state index contributed by atoms with van der Waals surface area (Å²) in [6, 6.07) is 18.3. The third-order valence-corrected chi connectivity index (χ3v) is 5.45. The first-order valence-corrected chi connectivity index (χ1v) is 11.2. The fraction of sp³-hybridized carbons (Fsp3) is 0.115. The van der Waals surface area contributed by atoms with Crippen LogP contribution in [0.25, 0.3) is 6.08 Å². The van der Waals surface area contributed by atoms with Crippen LogP contribution in [0.3, 0.4) is 0 Å². The summed E-state index contributed by atoms with van der Waals surface area (Å²) in [4.78, 5) is 24.8. The van der Waals surface area contributed by atoms with Crippen molar-refractivity contribution in [1.82, 2.24) is 0 Å². The van der Waals surface area contributed by atoms with Gasteiger partial charge in [-0.1, -0.05) is 33.6 Å². The number of amides is 2. The van der Waals surface area contributed by atoms with Crippen molar-refractivity contribution in [3.05, 3.63) is 81.8 Å². The number of aromatic hydroxyl groups is 1. The minimum Gasteiger partial charge on any atom is -0.508 e. The molecule has 0 saturated carbocycles. The fourth-order valence-corrected chi connectivity index (χ4v) is 3.40. The molecule has 9 heteroatoms. The van der Waals surface area contributed by atoms with E-state index in [0.717, 1.165) is 5.56 Å². The minimum atomic E-state index is -0.614. The van der Waals surface area contributed by atoms with Crippen LogP contribution in [0, 0.1) is 18.3 Å². The van der Waals surface area contributed by atoms with Crippen molar-refractivity contribution < 1.29 is 24.2 Å². The zero-order valence-electron chi connectivity index (χ0n) is 19.0. The lowest BCUT2D eigenvalue weighted by molar-refractivity contribution is -0.118. The average Bonchev–Trinajstić information content (AvgIpc) is 2.84. The van der Waals surface area contributed by atoms with E-state index in [2.05, 4.69) is 26.6 Å². The number of phenols is 1. The molecule has 3 N–H and O–H groups in total. The average molecular weight is 536 g/mol. The van der Waals surface area contributed by atoms with Crippen LogP contribution in [0.15, 0.2) is 70.7 Å². The van der Waals surface area contributed by atoms with E-state index < -0.39 is 5.91 Å². The number of methoxy groups -OCH3 is 1. The molecule has 0 atom stereocenters. The lowest BCUT2D eigenvalue weighted by atomic mass is 10.1. The number of anilines is 2. The third-order valence-electron chi connectivity index (χ3n) is 4.77. The summed E-state index contributed by atoms with van der Waals surface area (Å²) in [5, 5.41) is 24.2. The number of carbonyl (C=O) groups excluding carboxylic acids is 2. The molecule has 8 nitrogen and oxygen atoms in total. The van der Waals surface area contributed by atoms with Gasteiger partial charge in [-0.05, 0) is 67.1 Å². The van der Waals surface area contributed by atoms with Gasteiger partial charge in [-0.2, -0.15) is 5.26 Å². The first-order chi connectivity index (χ1) is 16.8. The first-order valence-electron chi connectivity index (χ1n) is 10.4. The van der Waals surface area contributed by atoms with Crippen molar-refractivity contribution >= 4 is 45.2 Å². The molecular weight excluding hydrogens is 514 g/mol. The fourth-order valence-electron chi connectivity index (χ4n) is 2.96. The van der Waals surface area contributed by atoms with Gasteiger partial charge in [0.05, 0.1) is 7.11 Å². The summed E-state index contributed by atoms with van der Waals surface area (Å²) in [5.41, 5.74) is 2.52. The van der Waals surface area contributed by atoms with Gasteiger partial charge in [-0.15, -0.1) is 0 Å². The van der Waals surface area contributed by atoms with Crippen molar-refractivity contribution in [2.45, 2.75) is 6.92 Å². The third kappa shape index (κ3) is 7.09. The Morgan fingerprint density at radius 3 is 2.29 bits per heavy atom. The second kappa shape index (κ2) is 11.7. The van der Waals surface area contributed by atoms with E-state index in [4.69, 9.17) is 9.47 Å². The quantitative estimate of drug-likeness (QED) is 0.211. The van der Waals surface area contributed by atoms with Gasteiger partial charge < -0.3 is 25.2 Å². The van der Waals surface area contributed by atoms with Gasteiger partial charge in [0.15, 0.2) is 18.1 Å². The highest BCUT2D eigenvalue weighted by Gasteiger charge is 2.15. The summed E-state index contributed by atoms with van der Waals surface area (Å²) >= 11 is 3.41. The number of phenolic OH excluding ortho intramolecular Hbond substituents is 1. The van der Waals surface area contributed by atoms with Crippen LogP contribution in [-0.4, -0.2) is 30.6 Å². The van der Waals surface area contributed by atoms with Gasteiger partial charge in [-0.25, -0.2) is 0 Å². The Morgan fingerprint density at radius 1 is 1.03 bits per heavy atom. The number of hydrogen-bond donors (Lipinski definition) is 3. The molecule has 0 aromatic heterocycles. The number of halogens is 1. The Kier molecular flexibility index (Phi) is 8.48. The van der Waals surface area contributed by atoms with Crippen LogP contribution in [0.4, 0.5) is 11.4 Å². The van der Waals surface area contributed by atoms with Crippen molar-refractivity contribution in [3.63, 3.8) is 0 Å². The highest BCUT2D eigenvalue weighted by Crippen LogP contribution is 2.34. The number of nitrogens with one attached hydrogen (secondary N) is 2. The smallest absolute Gasteiger partial charge is 0.266 e. The number of aryl methyl sites for hydroxylation is 1. The molecule has 0 radical (unpaired) electrons. The van der Waals surface area contributed by atoms with Gasteiger partial charge >= 0.3 is 0 Å². The molecule has 0 aliphatic rings. The molecule has 0 aliphatic heterocycles. The summed E-state index contributed by atoms with van der Waals surface area (Å²) in [6.45, 7) is 1.71. The number of benzene rings is 3. The normalized spacial score (nSPS) is 10.7. The predicted octanol–water partition coefficient (Wildman–Crippen LogP) is 5.03. The second-order valence-corrected chi connectivity index (χ2v) is 8.25. The molecule has 0 spiro atoms. The van der Waals surface area contributed by atoms with Crippen LogP contribution in [0.1, 0.15) is 11.1 Å². The minimum absolute atomic E-state index is 0.0602. The standard InChI is InChI=1S/C26H22BrN3O5/c1-16-3-5-19(6-4-16)29-25(32)15-35-24-13-22(27)17(12-23(24)34-2)11-18(14-28)26(33)30-20-7-9-21(31)10-8-20/h3-13,31H,15H2,1-2H3,(H,29,32)(H,30,33)/b18-11-. The maximum atomic E-state index is 12.5. The molecule has 0 heterocycles. The van der Waals surface area contributed by atoms with E-state index in [1.807, 2.05) is 25.1 Å². The van der Waals surface area contributed by atoms with Crippen LogP contribution < -0.4 is 20.1 Å². The van der Waals surface area contributed by atoms with Crippen molar-refractivity contribution in [1.29, 1.82) is 5.26 Å². The lowest BCUT2D eigenvalue weighted by Crippen LogP contribution is -2.20. The monoisotopic (exact) mass is 535 g/mol. The molecule has 35 heavy (non-hydrogen) atoms.